The summed E-state index contributed by atoms with van der Waals surface area (Å²) in [6, 6.07) is 8.06. The largest absolute Gasteiger partial charge is 0.381 e. The van der Waals surface area contributed by atoms with Crippen LogP contribution in [-0.4, -0.2) is 51.8 Å². The summed E-state index contributed by atoms with van der Waals surface area (Å²) < 4.78 is 7.24. The van der Waals surface area contributed by atoms with Gasteiger partial charge in [0, 0.05) is 37.4 Å². The lowest BCUT2D eigenvalue weighted by Crippen LogP contribution is -2.25. The minimum Gasteiger partial charge on any atom is -0.381 e. The van der Waals surface area contributed by atoms with Crippen LogP contribution in [-0.2, 0) is 4.74 Å². The van der Waals surface area contributed by atoms with Crippen molar-refractivity contribution >= 4 is 29.0 Å². The Morgan fingerprint density at radius 2 is 2.10 bits per heavy atom. The number of nitrogens with one attached hydrogen (secondary N) is 3. The van der Waals surface area contributed by atoms with Gasteiger partial charge in [0.1, 0.15) is 23.0 Å². The monoisotopic (exact) mass is 407 g/mol. The van der Waals surface area contributed by atoms with Gasteiger partial charge in [0.15, 0.2) is 5.65 Å². The zero-order valence-corrected chi connectivity index (χ0v) is 16.9. The molecule has 4 heterocycles. The van der Waals surface area contributed by atoms with Crippen molar-refractivity contribution in [2.75, 3.05) is 30.9 Å². The number of pyridine rings is 1. The Morgan fingerprint density at radius 1 is 1.20 bits per heavy atom. The number of hydrogen-bond donors (Lipinski definition) is 3. The molecule has 1 saturated heterocycles. The third-order valence-electron chi connectivity index (χ3n) is 5.49. The van der Waals surface area contributed by atoms with E-state index in [0.717, 1.165) is 43.8 Å². The Bertz CT molecular complexity index is 1070. The Kier molecular flexibility index (Phi) is 4.96. The summed E-state index contributed by atoms with van der Waals surface area (Å²) in [7, 11) is 1.81. The first-order valence-electron chi connectivity index (χ1n) is 10.4. The third kappa shape index (κ3) is 3.80. The predicted molar refractivity (Wildman–Crippen MR) is 113 cm³/mol. The van der Waals surface area contributed by atoms with Gasteiger partial charge in [-0.05, 0) is 37.8 Å². The molecule has 1 atom stereocenters. The van der Waals surface area contributed by atoms with Crippen LogP contribution in [0, 0.1) is 0 Å². The Labute approximate surface area is 174 Å². The van der Waals surface area contributed by atoms with E-state index in [1.165, 1.54) is 0 Å². The normalized spacial score (nSPS) is 18.9. The lowest BCUT2D eigenvalue weighted by Gasteiger charge is -2.22. The molecule has 3 N–H and O–H groups in total. The zero-order valence-electron chi connectivity index (χ0n) is 16.9. The van der Waals surface area contributed by atoms with Crippen LogP contribution in [0.15, 0.2) is 30.5 Å². The van der Waals surface area contributed by atoms with Crippen LogP contribution in [0.3, 0.4) is 0 Å². The van der Waals surface area contributed by atoms with Crippen molar-refractivity contribution in [2.24, 2.45) is 0 Å². The second kappa shape index (κ2) is 7.91. The molecule has 1 saturated carbocycles. The molecule has 1 aliphatic carbocycles. The van der Waals surface area contributed by atoms with Crippen molar-refractivity contribution in [1.29, 1.82) is 0 Å². The second-order valence-electron chi connectivity index (χ2n) is 7.80. The van der Waals surface area contributed by atoms with E-state index in [2.05, 4.69) is 26.0 Å². The molecule has 1 aliphatic heterocycles. The average molecular weight is 407 g/mol. The van der Waals surface area contributed by atoms with Crippen LogP contribution >= 0.6 is 0 Å². The maximum absolute atomic E-state index is 12.6. The highest BCUT2D eigenvalue weighted by Crippen LogP contribution is 2.26. The first-order chi connectivity index (χ1) is 14.7. The molecular formula is C21H25N7O2. The van der Waals surface area contributed by atoms with Crippen LogP contribution in [0.5, 0.6) is 0 Å². The van der Waals surface area contributed by atoms with E-state index < -0.39 is 0 Å². The van der Waals surface area contributed by atoms with Crippen LogP contribution in [0.2, 0.25) is 0 Å². The Balaban J connectivity index is 1.44. The second-order valence-corrected chi connectivity index (χ2v) is 7.80. The smallest absolute Gasteiger partial charge is 0.256 e. The first-order valence-corrected chi connectivity index (χ1v) is 10.4. The third-order valence-corrected chi connectivity index (χ3v) is 5.49. The highest BCUT2D eigenvalue weighted by Gasteiger charge is 2.26. The molecule has 0 bridgehead atoms. The molecule has 2 fully saturated rings. The minimum atomic E-state index is -0.142. The van der Waals surface area contributed by atoms with Crippen LogP contribution < -0.4 is 16.0 Å². The van der Waals surface area contributed by atoms with Crippen molar-refractivity contribution < 1.29 is 9.53 Å². The van der Waals surface area contributed by atoms with E-state index in [1.54, 1.807) is 10.7 Å². The zero-order chi connectivity index (χ0) is 20.5. The topological polar surface area (TPSA) is 105 Å². The minimum absolute atomic E-state index is 0.142. The van der Waals surface area contributed by atoms with Gasteiger partial charge in [-0.2, -0.15) is 9.61 Å². The van der Waals surface area contributed by atoms with E-state index in [4.69, 9.17) is 9.72 Å². The molecule has 0 spiro atoms. The maximum atomic E-state index is 12.6. The van der Waals surface area contributed by atoms with Gasteiger partial charge in [-0.15, -0.1) is 0 Å². The number of hydrogen-bond acceptors (Lipinski definition) is 7. The van der Waals surface area contributed by atoms with Crippen LogP contribution in [0.25, 0.3) is 5.65 Å². The average Bonchev–Trinajstić information content (AvgIpc) is 3.49. The summed E-state index contributed by atoms with van der Waals surface area (Å²) >= 11 is 0. The summed E-state index contributed by atoms with van der Waals surface area (Å²) in [4.78, 5) is 22.0. The predicted octanol–water partition coefficient (Wildman–Crippen LogP) is 2.70. The quantitative estimate of drug-likeness (QED) is 0.577. The summed E-state index contributed by atoms with van der Waals surface area (Å²) in [5.41, 5.74) is 1.98. The van der Waals surface area contributed by atoms with Crippen LogP contribution in [0.1, 0.15) is 47.7 Å². The molecule has 3 aromatic rings. The van der Waals surface area contributed by atoms with E-state index in [0.29, 0.717) is 35.4 Å². The van der Waals surface area contributed by atoms with E-state index in [1.807, 2.05) is 31.3 Å². The van der Waals surface area contributed by atoms with Gasteiger partial charge in [0.25, 0.3) is 5.91 Å². The lowest BCUT2D eigenvalue weighted by atomic mass is 9.98. The number of anilines is 3. The standard InChI is InChI=1S/C21H25N7O2/c1-22-19-10-18(26-17-6-2-5-16(25-17)13-4-3-9-30-12-13)27-20-15(11-23-28(19)20)21(29)24-14-7-8-14/h2,5-6,10-11,13-14,22H,3-4,7-9,12H2,1H3,(H,24,29)(H,25,26,27)/t13-/m0/s1. The molecule has 156 valence electrons. The summed E-state index contributed by atoms with van der Waals surface area (Å²) in [6.45, 7) is 1.53. The van der Waals surface area contributed by atoms with E-state index in [9.17, 15) is 4.79 Å². The lowest BCUT2D eigenvalue weighted by molar-refractivity contribution is 0.0793. The molecule has 1 amide bonds. The fraction of sp³-hybridized carbons (Fsp3) is 0.429. The number of ether oxygens (including phenoxy) is 1. The Morgan fingerprint density at radius 3 is 2.87 bits per heavy atom. The molecule has 0 unspecified atom stereocenters. The van der Waals surface area contributed by atoms with Crippen molar-refractivity contribution in [3.05, 3.63) is 41.7 Å². The summed E-state index contributed by atoms with van der Waals surface area (Å²) in [5, 5.41) is 13.7. The van der Waals surface area contributed by atoms with Gasteiger partial charge in [0.2, 0.25) is 0 Å². The van der Waals surface area contributed by atoms with Crippen molar-refractivity contribution in [2.45, 2.75) is 37.6 Å². The molecule has 5 rings (SSSR count). The number of carbonyl (C=O) groups is 1. The van der Waals surface area contributed by atoms with Gasteiger partial charge in [-0.25, -0.2) is 9.97 Å². The van der Waals surface area contributed by atoms with Gasteiger partial charge in [0.05, 0.1) is 12.8 Å². The fourth-order valence-corrected chi connectivity index (χ4v) is 3.71. The molecule has 9 nitrogen and oxygen atoms in total. The molecule has 3 aromatic heterocycles. The molecule has 0 radical (unpaired) electrons. The SMILES string of the molecule is CNc1cc(Nc2cccc([C@H]3CCCOC3)n2)nc2c(C(=O)NC3CC3)cnn12. The van der Waals surface area contributed by atoms with Gasteiger partial charge in [-0.3, -0.25) is 4.79 Å². The first kappa shape index (κ1) is 18.8. The number of carbonyl (C=O) groups excluding carboxylic acids is 1. The molecular weight excluding hydrogens is 382 g/mol. The van der Waals surface area contributed by atoms with Crippen molar-refractivity contribution in [3.8, 4) is 0 Å². The van der Waals surface area contributed by atoms with Gasteiger partial charge >= 0.3 is 0 Å². The van der Waals surface area contributed by atoms with Crippen molar-refractivity contribution in [3.63, 3.8) is 0 Å². The summed E-state index contributed by atoms with van der Waals surface area (Å²) in [5.74, 6) is 2.20. The van der Waals surface area contributed by atoms with E-state index in [-0.39, 0.29) is 11.9 Å². The number of rotatable bonds is 6. The maximum Gasteiger partial charge on any atom is 0.256 e. The highest BCUT2D eigenvalue weighted by molar-refractivity contribution is 6.00. The van der Waals surface area contributed by atoms with Gasteiger partial charge in [-0.1, -0.05) is 6.07 Å². The number of aromatic nitrogens is 4. The molecule has 30 heavy (non-hydrogen) atoms. The Hall–Kier alpha value is -3.20. The number of nitrogens with zero attached hydrogens (tertiary/aromatic N) is 4. The molecule has 2 aliphatic rings. The van der Waals surface area contributed by atoms with Crippen LogP contribution in [0.4, 0.5) is 17.5 Å². The molecule has 0 aromatic carbocycles. The highest BCUT2D eigenvalue weighted by atomic mass is 16.5. The number of amides is 1. The fourth-order valence-electron chi connectivity index (χ4n) is 3.71. The molecule has 9 heteroatoms. The summed E-state index contributed by atoms with van der Waals surface area (Å²) in [6.07, 6.45) is 5.76. The van der Waals surface area contributed by atoms with Crippen molar-refractivity contribution in [1.82, 2.24) is 24.9 Å². The van der Waals surface area contributed by atoms with E-state index >= 15 is 0 Å². The number of fused-ring (bicyclic) bond motifs is 1. The van der Waals surface area contributed by atoms with Gasteiger partial charge < -0.3 is 20.7 Å².